The second-order valence-corrected chi connectivity index (χ2v) is 8.32. The summed E-state index contributed by atoms with van der Waals surface area (Å²) in [5.41, 5.74) is 6.12. The number of carbonyl (C=O) groups is 5. The molecule has 0 aliphatic heterocycles. The summed E-state index contributed by atoms with van der Waals surface area (Å²) in [5.74, 6) is -4.73. The number of thiol groups is 1. The van der Waals surface area contributed by atoms with Crippen molar-refractivity contribution in [2.75, 3.05) is 17.8 Å². The van der Waals surface area contributed by atoms with Crippen molar-refractivity contribution in [2.45, 2.75) is 43.4 Å². The van der Waals surface area contributed by atoms with Gasteiger partial charge in [0, 0.05) is 24.1 Å². The number of hydrogen-bond donors (Lipinski definition) is 8. The fourth-order valence-electron chi connectivity index (χ4n) is 2.61. The number of aromatic amines is 1. The third-order valence-corrected chi connectivity index (χ3v) is 5.42. The number of nitrogens with zero attached hydrogens (tertiary/aromatic N) is 1. The fourth-order valence-corrected chi connectivity index (χ4v) is 3.25. The van der Waals surface area contributed by atoms with E-state index in [9.17, 15) is 29.1 Å². The lowest BCUT2D eigenvalue weighted by Crippen LogP contribution is -2.58. The molecule has 0 saturated carbocycles. The van der Waals surface area contributed by atoms with Crippen LogP contribution in [0.4, 0.5) is 0 Å². The van der Waals surface area contributed by atoms with Gasteiger partial charge in [-0.3, -0.25) is 19.2 Å². The Hall–Kier alpha value is -2.78. The number of nitrogens with one attached hydrogen (secondary N) is 4. The van der Waals surface area contributed by atoms with Crippen molar-refractivity contribution < 1.29 is 34.2 Å². The number of nitrogens with two attached hydrogens (primary N) is 1. The number of thioether (sulfide) groups is 1. The van der Waals surface area contributed by atoms with Crippen LogP contribution in [0.5, 0.6) is 0 Å². The van der Waals surface area contributed by atoms with E-state index in [0.29, 0.717) is 11.4 Å². The first-order valence-corrected chi connectivity index (χ1v) is 11.8. The van der Waals surface area contributed by atoms with E-state index in [1.807, 2.05) is 0 Å². The molecule has 1 heterocycles. The van der Waals surface area contributed by atoms with E-state index in [0.717, 1.165) is 0 Å². The minimum atomic E-state index is -1.58. The molecule has 0 fully saturated rings. The molecule has 33 heavy (non-hydrogen) atoms. The normalized spacial score (nSPS) is 14.4. The molecule has 0 bridgehead atoms. The third kappa shape index (κ3) is 10.1. The average Bonchev–Trinajstić information content (AvgIpc) is 3.27. The van der Waals surface area contributed by atoms with E-state index in [1.54, 1.807) is 6.26 Å². The summed E-state index contributed by atoms with van der Waals surface area (Å²) in [6.45, 7) is 0. The van der Waals surface area contributed by atoms with E-state index in [1.165, 1.54) is 24.3 Å². The van der Waals surface area contributed by atoms with Crippen molar-refractivity contribution in [3.8, 4) is 0 Å². The molecular formula is C18H28N6O7S2. The molecule has 1 rings (SSSR count). The van der Waals surface area contributed by atoms with E-state index < -0.39 is 60.2 Å². The molecule has 0 aliphatic rings. The zero-order valence-corrected chi connectivity index (χ0v) is 19.5. The van der Waals surface area contributed by atoms with Gasteiger partial charge in [-0.15, -0.1) is 0 Å². The Morgan fingerprint density at radius 2 is 1.70 bits per heavy atom. The number of H-pyrrole nitrogens is 1. The lowest BCUT2D eigenvalue weighted by Gasteiger charge is -2.24. The van der Waals surface area contributed by atoms with Crippen LogP contribution in [-0.4, -0.2) is 91.8 Å². The van der Waals surface area contributed by atoms with Crippen LogP contribution in [0.2, 0.25) is 0 Å². The van der Waals surface area contributed by atoms with Crippen LogP contribution in [0, 0.1) is 0 Å². The number of amides is 3. The van der Waals surface area contributed by atoms with Crippen LogP contribution in [0.3, 0.4) is 0 Å². The highest BCUT2D eigenvalue weighted by atomic mass is 32.2. The standard InChI is InChI=1S/C18H28N6O7S2/c1-33-3-2-11(18(30)31)22-17(29)13(5-14(25)26)24-16(28)12(4-9-6-20-8-21-9)23-15(27)10(19)7-32/h6,8,10-13,32H,2-5,7,19H2,1H3,(H,20,21)(H,22,29)(H,23,27)(H,24,28)(H,25,26)(H,30,31). The average molecular weight is 505 g/mol. The monoisotopic (exact) mass is 504 g/mol. The Bertz CT molecular complexity index is 823. The van der Waals surface area contributed by atoms with E-state index in [4.69, 9.17) is 10.8 Å². The molecule has 0 spiro atoms. The predicted octanol–water partition coefficient (Wildman–Crippen LogP) is -2.02. The highest BCUT2D eigenvalue weighted by Gasteiger charge is 2.31. The van der Waals surface area contributed by atoms with Gasteiger partial charge in [0.2, 0.25) is 17.7 Å². The number of carboxylic acids is 2. The van der Waals surface area contributed by atoms with Crippen LogP contribution in [0.25, 0.3) is 0 Å². The van der Waals surface area contributed by atoms with Crippen molar-refractivity contribution in [1.29, 1.82) is 0 Å². The van der Waals surface area contributed by atoms with Gasteiger partial charge in [0.25, 0.3) is 0 Å². The van der Waals surface area contributed by atoms with Crippen molar-refractivity contribution >= 4 is 54.1 Å². The predicted molar refractivity (Wildman–Crippen MR) is 123 cm³/mol. The zero-order valence-electron chi connectivity index (χ0n) is 17.8. The highest BCUT2D eigenvalue weighted by molar-refractivity contribution is 7.98. The summed E-state index contributed by atoms with van der Waals surface area (Å²) in [6.07, 6.45) is 3.82. The van der Waals surface area contributed by atoms with Gasteiger partial charge in [-0.2, -0.15) is 24.4 Å². The summed E-state index contributed by atoms with van der Waals surface area (Å²) in [6, 6.07) is -5.06. The van der Waals surface area contributed by atoms with Gasteiger partial charge in [-0.1, -0.05) is 0 Å². The molecule has 8 N–H and O–H groups in total. The minimum absolute atomic E-state index is 0.0148. The van der Waals surface area contributed by atoms with Gasteiger partial charge >= 0.3 is 11.9 Å². The minimum Gasteiger partial charge on any atom is -0.481 e. The third-order valence-electron chi connectivity index (χ3n) is 4.38. The van der Waals surface area contributed by atoms with Crippen molar-refractivity contribution in [3.05, 3.63) is 18.2 Å². The number of imidazole rings is 1. The fraction of sp³-hybridized carbons (Fsp3) is 0.556. The van der Waals surface area contributed by atoms with Crippen LogP contribution in [0.1, 0.15) is 18.5 Å². The van der Waals surface area contributed by atoms with E-state index in [-0.39, 0.29) is 18.6 Å². The summed E-state index contributed by atoms with van der Waals surface area (Å²) in [5, 5.41) is 25.4. The Kier molecular flexibility index (Phi) is 12.3. The van der Waals surface area contributed by atoms with E-state index >= 15 is 0 Å². The summed E-state index contributed by atoms with van der Waals surface area (Å²) in [7, 11) is 0. The first kappa shape index (κ1) is 28.3. The summed E-state index contributed by atoms with van der Waals surface area (Å²) < 4.78 is 0. The Morgan fingerprint density at radius 3 is 2.21 bits per heavy atom. The maximum absolute atomic E-state index is 12.9. The van der Waals surface area contributed by atoms with Gasteiger partial charge in [0.15, 0.2) is 0 Å². The number of carbonyl (C=O) groups excluding carboxylic acids is 3. The van der Waals surface area contributed by atoms with Crippen LogP contribution < -0.4 is 21.7 Å². The molecule has 13 nitrogen and oxygen atoms in total. The van der Waals surface area contributed by atoms with Crippen LogP contribution in [-0.2, 0) is 30.4 Å². The Labute approximate surface area is 199 Å². The molecule has 4 atom stereocenters. The first-order valence-electron chi connectivity index (χ1n) is 9.77. The molecular weight excluding hydrogens is 476 g/mol. The first-order chi connectivity index (χ1) is 15.6. The molecule has 0 aliphatic carbocycles. The topological polar surface area (TPSA) is 217 Å². The molecule has 0 radical (unpaired) electrons. The lowest BCUT2D eigenvalue weighted by atomic mass is 10.1. The number of aromatic nitrogens is 2. The summed E-state index contributed by atoms with van der Waals surface area (Å²) in [4.78, 5) is 67.0. The second-order valence-electron chi connectivity index (χ2n) is 6.97. The van der Waals surface area contributed by atoms with Crippen molar-refractivity contribution in [3.63, 3.8) is 0 Å². The maximum atomic E-state index is 12.9. The van der Waals surface area contributed by atoms with Crippen LogP contribution in [0.15, 0.2) is 12.5 Å². The van der Waals surface area contributed by atoms with Crippen LogP contribution >= 0.6 is 24.4 Å². The number of carboxylic acid groups (broad SMARTS) is 2. The van der Waals surface area contributed by atoms with Gasteiger partial charge in [-0.05, 0) is 18.4 Å². The molecule has 1 aromatic rings. The highest BCUT2D eigenvalue weighted by Crippen LogP contribution is 2.05. The zero-order chi connectivity index (χ0) is 25.0. The summed E-state index contributed by atoms with van der Waals surface area (Å²) >= 11 is 5.32. The second kappa shape index (κ2) is 14.4. The molecule has 1 aromatic heterocycles. The van der Waals surface area contributed by atoms with E-state index in [2.05, 4.69) is 38.5 Å². The van der Waals surface area contributed by atoms with Gasteiger partial charge in [-0.25, -0.2) is 9.78 Å². The smallest absolute Gasteiger partial charge is 0.326 e. The Balaban J connectivity index is 3.01. The molecule has 15 heteroatoms. The Morgan fingerprint density at radius 1 is 1.09 bits per heavy atom. The van der Waals surface area contributed by atoms with Crippen molar-refractivity contribution in [1.82, 2.24) is 25.9 Å². The van der Waals surface area contributed by atoms with Gasteiger partial charge < -0.3 is 36.9 Å². The molecule has 4 unspecified atom stereocenters. The number of hydrogen-bond acceptors (Lipinski definition) is 9. The lowest BCUT2D eigenvalue weighted by molar-refractivity contribution is -0.143. The molecule has 184 valence electrons. The molecule has 0 saturated heterocycles. The number of aliphatic carboxylic acids is 2. The molecule has 0 aromatic carbocycles. The van der Waals surface area contributed by atoms with Gasteiger partial charge in [0.05, 0.1) is 18.8 Å². The van der Waals surface area contributed by atoms with Gasteiger partial charge in [0.1, 0.15) is 18.1 Å². The largest absolute Gasteiger partial charge is 0.481 e. The SMILES string of the molecule is CSCCC(NC(=O)C(CC(=O)O)NC(=O)C(Cc1cnc[nH]1)NC(=O)C(N)CS)C(=O)O. The van der Waals surface area contributed by atoms with Crippen molar-refractivity contribution in [2.24, 2.45) is 5.73 Å². The quantitative estimate of drug-likeness (QED) is 0.123. The maximum Gasteiger partial charge on any atom is 0.326 e. The number of rotatable bonds is 15. The molecule has 3 amide bonds.